The van der Waals surface area contributed by atoms with E-state index in [1.807, 2.05) is 47.4 Å². The van der Waals surface area contributed by atoms with Crippen molar-refractivity contribution in [2.75, 3.05) is 57.8 Å². The molecule has 41 heavy (non-hydrogen) atoms. The van der Waals surface area contributed by atoms with Gasteiger partial charge in [-0.1, -0.05) is 49.4 Å². The van der Waals surface area contributed by atoms with Gasteiger partial charge in [0.25, 0.3) is 0 Å². The number of carbonyl (C=O) groups is 1. The zero-order chi connectivity index (χ0) is 29.9. The molecular weight excluding hydrogens is 560 g/mol. The van der Waals surface area contributed by atoms with Gasteiger partial charge in [0.2, 0.25) is 15.9 Å². The molecular formula is C30H46N4O5S2. The Kier molecular flexibility index (Phi) is 12.8. The topological polar surface area (TPSA) is 107 Å². The highest BCUT2D eigenvalue weighted by Gasteiger charge is 2.29. The minimum absolute atomic E-state index is 0.0278. The highest BCUT2D eigenvalue weighted by Crippen LogP contribution is 2.15. The van der Waals surface area contributed by atoms with Crippen molar-refractivity contribution in [1.82, 2.24) is 19.4 Å². The largest absolute Gasteiger partial charge is 0.342 e. The number of rotatable bonds is 16. The molecule has 1 fully saturated rings. The van der Waals surface area contributed by atoms with Crippen molar-refractivity contribution < 1.29 is 21.6 Å². The molecule has 2 aromatic rings. The SMILES string of the molecule is CCN(CCCCN1CCCN(S(=O)(=O)CCNCc2ccccc2)CC1=O)C(C)Cc1ccc(S(C)(=O)=O)cc1. The van der Waals surface area contributed by atoms with E-state index in [0.29, 0.717) is 50.1 Å². The monoisotopic (exact) mass is 606 g/mol. The first-order valence-corrected chi connectivity index (χ1v) is 18.0. The van der Waals surface area contributed by atoms with Crippen molar-refractivity contribution in [3.8, 4) is 0 Å². The molecule has 1 N–H and O–H groups in total. The predicted octanol–water partition coefficient (Wildman–Crippen LogP) is 2.78. The molecule has 1 saturated heterocycles. The third-order valence-electron chi connectivity index (χ3n) is 7.64. The molecule has 11 heteroatoms. The Morgan fingerprint density at radius 1 is 0.951 bits per heavy atom. The van der Waals surface area contributed by atoms with E-state index in [2.05, 4.69) is 24.1 Å². The third-order valence-corrected chi connectivity index (χ3v) is 10.6. The molecule has 9 nitrogen and oxygen atoms in total. The molecule has 0 saturated carbocycles. The summed E-state index contributed by atoms with van der Waals surface area (Å²) in [5.41, 5.74) is 2.20. The summed E-state index contributed by atoms with van der Waals surface area (Å²) in [4.78, 5) is 17.5. The lowest BCUT2D eigenvalue weighted by molar-refractivity contribution is -0.130. The molecule has 1 amide bonds. The Labute approximate surface area is 246 Å². The molecule has 2 aromatic carbocycles. The lowest BCUT2D eigenvalue weighted by Gasteiger charge is -2.28. The average molecular weight is 607 g/mol. The first-order valence-electron chi connectivity index (χ1n) is 14.5. The van der Waals surface area contributed by atoms with E-state index in [9.17, 15) is 21.6 Å². The summed E-state index contributed by atoms with van der Waals surface area (Å²) in [5.74, 6) is -0.151. The number of hydrogen-bond acceptors (Lipinski definition) is 7. The predicted molar refractivity (Wildman–Crippen MR) is 164 cm³/mol. The fourth-order valence-corrected chi connectivity index (χ4v) is 7.18. The Balaban J connectivity index is 1.39. The van der Waals surface area contributed by atoms with Gasteiger partial charge in [-0.3, -0.25) is 4.79 Å². The summed E-state index contributed by atoms with van der Waals surface area (Å²) in [5, 5.41) is 3.18. The summed E-state index contributed by atoms with van der Waals surface area (Å²) in [6.45, 7) is 8.55. The van der Waals surface area contributed by atoms with E-state index in [1.54, 1.807) is 12.1 Å². The van der Waals surface area contributed by atoms with Gasteiger partial charge in [0.05, 0.1) is 17.2 Å². The lowest BCUT2D eigenvalue weighted by Crippen LogP contribution is -2.42. The van der Waals surface area contributed by atoms with Crippen molar-refractivity contribution in [2.24, 2.45) is 0 Å². The third kappa shape index (κ3) is 10.8. The number of nitrogens with one attached hydrogen (secondary N) is 1. The smallest absolute Gasteiger partial charge is 0.237 e. The standard InChI is InChI=1S/C30H46N4O5S2/c1-4-32(26(2)23-27-13-15-29(16-14-27)40(3,36)37)18-8-9-19-33-20-10-21-34(25-30(33)35)41(38,39)22-17-31-24-28-11-6-5-7-12-28/h5-7,11-16,26,31H,4,8-10,17-25H2,1-3H3. The molecule has 0 bridgehead atoms. The van der Waals surface area contributed by atoms with Crippen LogP contribution in [0.5, 0.6) is 0 Å². The maximum absolute atomic E-state index is 12.9. The van der Waals surface area contributed by atoms with Crippen LogP contribution in [0.25, 0.3) is 0 Å². The number of likely N-dealkylation sites (N-methyl/N-ethyl adjacent to an activating group) is 1. The number of unbranched alkanes of at least 4 members (excludes halogenated alkanes) is 1. The zero-order valence-electron chi connectivity index (χ0n) is 24.7. The second kappa shape index (κ2) is 15.8. The number of amides is 1. The maximum atomic E-state index is 12.9. The van der Waals surface area contributed by atoms with Crippen LogP contribution in [0, 0.1) is 0 Å². The molecule has 1 aliphatic rings. The number of sulfonamides is 1. The van der Waals surface area contributed by atoms with Crippen LogP contribution in [0.4, 0.5) is 0 Å². The van der Waals surface area contributed by atoms with Gasteiger partial charge >= 0.3 is 0 Å². The molecule has 1 atom stereocenters. The molecule has 0 aromatic heterocycles. The van der Waals surface area contributed by atoms with Crippen LogP contribution in [0.1, 0.15) is 44.2 Å². The Bertz CT molecular complexity index is 1300. The molecule has 228 valence electrons. The normalized spacial score (nSPS) is 16.2. The molecule has 1 unspecified atom stereocenters. The summed E-state index contributed by atoms with van der Waals surface area (Å²) < 4.78 is 50.6. The highest BCUT2D eigenvalue weighted by molar-refractivity contribution is 7.90. The zero-order valence-corrected chi connectivity index (χ0v) is 26.3. The van der Waals surface area contributed by atoms with E-state index >= 15 is 0 Å². The maximum Gasteiger partial charge on any atom is 0.237 e. The van der Waals surface area contributed by atoms with Gasteiger partial charge in [-0.2, -0.15) is 4.31 Å². The van der Waals surface area contributed by atoms with Gasteiger partial charge in [0, 0.05) is 45.0 Å². The highest BCUT2D eigenvalue weighted by atomic mass is 32.2. The van der Waals surface area contributed by atoms with Crippen LogP contribution in [-0.2, 0) is 37.6 Å². The van der Waals surface area contributed by atoms with E-state index in [4.69, 9.17) is 0 Å². The average Bonchev–Trinajstić information content (AvgIpc) is 3.13. The second-order valence-corrected chi connectivity index (χ2v) is 15.0. The van der Waals surface area contributed by atoms with Crippen molar-refractivity contribution >= 4 is 25.8 Å². The Hall–Kier alpha value is -2.31. The fraction of sp³-hybridized carbons (Fsp3) is 0.567. The van der Waals surface area contributed by atoms with Gasteiger partial charge in [-0.15, -0.1) is 0 Å². The summed E-state index contributed by atoms with van der Waals surface area (Å²) in [6, 6.07) is 17.2. The van der Waals surface area contributed by atoms with Crippen LogP contribution in [-0.4, -0.2) is 101 Å². The van der Waals surface area contributed by atoms with Crippen LogP contribution in [0.3, 0.4) is 0 Å². The molecule has 1 heterocycles. The van der Waals surface area contributed by atoms with Crippen LogP contribution < -0.4 is 5.32 Å². The van der Waals surface area contributed by atoms with E-state index in [-0.39, 0.29) is 18.2 Å². The Morgan fingerprint density at radius 3 is 2.32 bits per heavy atom. The molecule has 3 rings (SSSR count). The Morgan fingerprint density at radius 2 is 1.66 bits per heavy atom. The minimum atomic E-state index is -3.52. The van der Waals surface area contributed by atoms with Crippen LogP contribution in [0.15, 0.2) is 59.5 Å². The quantitative estimate of drug-likeness (QED) is 0.293. The number of carbonyl (C=O) groups excluding carboxylic acids is 1. The molecule has 0 spiro atoms. The van der Waals surface area contributed by atoms with Crippen LogP contribution in [0.2, 0.25) is 0 Å². The van der Waals surface area contributed by atoms with E-state index in [0.717, 1.165) is 43.5 Å². The van der Waals surface area contributed by atoms with E-state index < -0.39 is 19.9 Å². The summed E-state index contributed by atoms with van der Waals surface area (Å²) in [7, 11) is -6.71. The number of hydrogen-bond donors (Lipinski definition) is 1. The number of nitrogens with zero attached hydrogens (tertiary/aromatic N) is 3. The van der Waals surface area contributed by atoms with Gasteiger partial charge in [-0.05, 0) is 69.0 Å². The van der Waals surface area contributed by atoms with Crippen molar-refractivity contribution in [1.29, 1.82) is 0 Å². The molecule has 1 aliphatic heterocycles. The first kappa shape index (κ1) is 33.2. The van der Waals surface area contributed by atoms with Gasteiger partial charge < -0.3 is 15.1 Å². The van der Waals surface area contributed by atoms with Crippen molar-refractivity contribution in [3.05, 3.63) is 65.7 Å². The van der Waals surface area contributed by atoms with E-state index in [1.165, 1.54) is 10.6 Å². The van der Waals surface area contributed by atoms with Gasteiger partial charge in [0.1, 0.15) is 0 Å². The number of sulfone groups is 1. The van der Waals surface area contributed by atoms with Gasteiger partial charge in [-0.25, -0.2) is 16.8 Å². The number of benzene rings is 2. The van der Waals surface area contributed by atoms with Crippen molar-refractivity contribution in [2.45, 2.75) is 57.0 Å². The minimum Gasteiger partial charge on any atom is -0.342 e. The van der Waals surface area contributed by atoms with Crippen molar-refractivity contribution in [3.63, 3.8) is 0 Å². The first-order chi connectivity index (χ1) is 19.5. The van der Waals surface area contributed by atoms with Gasteiger partial charge in [0.15, 0.2) is 9.84 Å². The summed E-state index contributed by atoms with van der Waals surface area (Å²) >= 11 is 0. The molecule has 0 radical (unpaired) electrons. The molecule has 0 aliphatic carbocycles. The summed E-state index contributed by atoms with van der Waals surface area (Å²) in [6.07, 6.45) is 4.47. The fourth-order valence-electron chi connectivity index (χ4n) is 5.18. The lowest BCUT2D eigenvalue weighted by atomic mass is 10.1. The second-order valence-electron chi connectivity index (χ2n) is 10.9. The van der Waals surface area contributed by atoms with Crippen LogP contribution >= 0.6 is 0 Å².